The lowest BCUT2D eigenvalue weighted by Crippen LogP contribution is -2.14. The lowest BCUT2D eigenvalue weighted by Gasteiger charge is -2.13. The van der Waals surface area contributed by atoms with Crippen molar-refractivity contribution in [1.82, 2.24) is 0 Å². The van der Waals surface area contributed by atoms with Crippen LogP contribution in [-0.4, -0.2) is 5.97 Å². The Balaban J connectivity index is 1.72. The van der Waals surface area contributed by atoms with Gasteiger partial charge in [-0.1, -0.05) is 55.8 Å². The van der Waals surface area contributed by atoms with Crippen LogP contribution in [0.5, 0.6) is 11.5 Å². The van der Waals surface area contributed by atoms with Crippen LogP contribution >= 0.6 is 11.6 Å². The van der Waals surface area contributed by atoms with Gasteiger partial charge in [-0.25, -0.2) is 0 Å². The van der Waals surface area contributed by atoms with E-state index in [9.17, 15) is 10.1 Å². The molecule has 0 aromatic heterocycles. The summed E-state index contributed by atoms with van der Waals surface area (Å²) in [6.45, 7) is 3.96. The molecule has 0 saturated heterocycles. The van der Waals surface area contributed by atoms with E-state index in [1.165, 1.54) is 5.54 Å². The van der Waals surface area contributed by atoms with Gasteiger partial charge in [0.05, 0.1) is 5.92 Å². The van der Waals surface area contributed by atoms with Gasteiger partial charge in [0.25, 0.3) is 0 Å². The van der Waals surface area contributed by atoms with E-state index in [2.05, 4.69) is 11.8 Å². The maximum absolute atomic E-state index is 12.6. The zero-order chi connectivity index (χ0) is 20.1. The molecule has 0 aliphatic heterocycles. The minimum atomic E-state index is -1.00. The summed E-state index contributed by atoms with van der Waals surface area (Å²) < 4.78 is 11.3. The van der Waals surface area contributed by atoms with Crippen molar-refractivity contribution in [2.45, 2.75) is 20.0 Å². The van der Waals surface area contributed by atoms with Gasteiger partial charge in [-0.3, -0.25) is 4.79 Å². The Morgan fingerprint density at radius 2 is 1.89 bits per heavy atom. The first-order valence-electron chi connectivity index (χ1n) is 8.91. The monoisotopic (exact) mass is 393 g/mol. The van der Waals surface area contributed by atoms with E-state index < -0.39 is 12.1 Å². The molecule has 1 fully saturated rings. The van der Waals surface area contributed by atoms with Crippen LogP contribution in [-0.2, 0) is 9.53 Å². The zero-order valence-corrected chi connectivity index (χ0v) is 16.4. The van der Waals surface area contributed by atoms with E-state index in [4.69, 9.17) is 21.1 Å². The van der Waals surface area contributed by atoms with Crippen molar-refractivity contribution in [3.63, 3.8) is 0 Å². The maximum Gasteiger partial charge on any atom is 0.311 e. The molecule has 4 nitrogen and oxygen atoms in total. The third-order valence-electron chi connectivity index (χ3n) is 4.99. The molecule has 2 aromatic rings. The van der Waals surface area contributed by atoms with Gasteiger partial charge in [0.15, 0.2) is 0 Å². The molecule has 0 amide bonds. The highest BCUT2D eigenvalue weighted by Crippen LogP contribution is 2.59. The molecule has 1 aliphatic carbocycles. The highest BCUT2D eigenvalue weighted by molar-refractivity contribution is 6.25. The largest absolute Gasteiger partial charge is 0.457 e. The second-order valence-corrected chi connectivity index (χ2v) is 7.42. The Bertz CT molecular complexity index is 955. The molecular formula is C23H20ClNO3. The van der Waals surface area contributed by atoms with Crippen LogP contribution in [0.2, 0.25) is 0 Å². The number of carbonyl (C=O) groups excluding carboxylic acids is 1. The molecule has 142 valence electrons. The van der Waals surface area contributed by atoms with Gasteiger partial charge in [0.2, 0.25) is 6.10 Å². The van der Waals surface area contributed by atoms with Crippen molar-refractivity contribution in [3.05, 3.63) is 77.5 Å². The van der Waals surface area contributed by atoms with Crippen LogP contribution < -0.4 is 4.74 Å². The molecule has 0 heterocycles. The normalized spacial score (nSPS) is 20.1. The number of hydrogen-bond donors (Lipinski definition) is 0. The lowest BCUT2D eigenvalue weighted by molar-refractivity contribution is -0.149. The van der Waals surface area contributed by atoms with Gasteiger partial charge < -0.3 is 9.47 Å². The fourth-order valence-corrected chi connectivity index (χ4v) is 3.38. The fraction of sp³-hybridized carbons (Fsp3) is 0.261. The number of benzene rings is 2. The van der Waals surface area contributed by atoms with Gasteiger partial charge >= 0.3 is 5.97 Å². The van der Waals surface area contributed by atoms with Gasteiger partial charge in [0, 0.05) is 17.0 Å². The topological polar surface area (TPSA) is 59.3 Å². The smallest absolute Gasteiger partial charge is 0.311 e. The Kier molecular flexibility index (Phi) is 5.90. The van der Waals surface area contributed by atoms with Crippen molar-refractivity contribution in [2.75, 3.05) is 0 Å². The van der Waals surface area contributed by atoms with Crippen molar-refractivity contribution in [1.29, 1.82) is 5.26 Å². The van der Waals surface area contributed by atoms with Crippen LogP contribution in [0, 0.1) is 28.6 Å². The van der Waals surface area contributed by atoms with Crippen molar-refractivity contribution < 1.29 is 14.3 Å². The number of ether oxygens (including phenoxy) is 2. The molecule has 1 aliphatic rings. The molecule has 0 radical (unpaired) electrons. The molecule has 2 aromatic carbocycles. The molecule has 3 rings (SSSR count). The third-order valence-corrected chi connectivity index (χ3v) is 5.12. The quantitative estimate of drug-likeness (QED) is 0.462. The summed E-state index contributed by atoms with van der Waals surface area (Å²) in [5, 5.41) is 9.54. The average molecular weight is 394 g/mol. The van der Waals surface area contributed by atoms with E-state index in [1.54, 1.807) is 30.3 Å². The number of esters is 1. The first kappa shape index (κ1) is 19.8. The summed E-state index contributed by atoms with van der Waals surface area (Å²) in [6, 6.07) is 18.4. The Hall–Kier alpha value is -2.99. The highest BCUT2D eigenvalue weighted by atomic mass is 35.5. The summed E-state index contributed by atoms with van der Waals surface area (Å²) in [5.41, 5.74) is 4.41. The maximum atomic E-state index is 12.6. The number of hydrogen-bond acceptors (Lipinski definition) is 4. The molecule has 0 spiro atoms. The van der Waals surface area contributed by atoms with Crippen LogP contribution in [0.25, 0.3) is 0 Å². The number of rotatable bonds is 6. The second-order valence-electron chi connectivity index (χ2n) is 7.20. The lowest BCUT2D eigenvalue weighted by atomic mass is 10.1. The summed E-state index contributed by atoms with van der Waals surface area (Å²) in [6.07, 6.45) is 0.769. The van der Waals surface area contributed by atoms with E-state index in [-0.39, 0.29) is 17.3 Å². The van der Waals surface area contributed by atoms with Gasteiger partial charge in [-0.2, -0.15) is 5.26 Å². The molecule has 0 bridgehead atoms. The van der Waals surface area contributed by atoms with E-state index in [0.29, 0.717) is 17.1 Å². The van der Waals surface area contributed by atoms with Crippen LogP contribution in [0.15, 0.2) is 71.9 Å². The molecule has 28 heavy (non-hydrogen) atoms. The summed E-state index contributed by atoms with van der Waals surface area (Å²) in [5.74, 6) is 0.522. The van der Waals surface area contributed by atoms with Crippen LogP contribution in [0.3, 0.4) is 0 Å². The molecular weight excluding hydrogens is 374 g/mol. The average Bonchev–Trinajstić information content (AvgIpc) is 3.25. The SMILES string of the molecule is CC1(C)C(C=C=CCl)C1C(=O)OC(C#N)c1cccc(Oc2ccccc2)c1. The first-order valence-corrected chi connectivity index (χ1v) is 9.35. The number of nitriles is 1. The molecule has 3 atom stereocenters. The highest BCUT2D eigenvalue weighted by Gasteiger charge is 2.61. The Morgan fingerprint density at radius 1 is 1.18 bits per heavy atom. The second kappa shape index (κ2) is 8.35. The van der Waals surface area contributed by atoms with E-state index in [0.717, 1.165) is 0 Å². The predicted molar refractivity (Wildman–Crippen MR) is 107 cm³/mol. The predicted octanol–water partition coefficient (Wildman–Crippen LogP) is 5.77. The minimum Gasteiger partial charge on any atom is -0.457 e. The zero-order valence-electron chi connectivity index (χ0n) is 15.6. The van der Waals surface area contributed by atoms with Crippen LogP contribution in [0.1, 0.15) is 25.5 Å². The number of para-hydroxylation sites is 1. The Labute approximate surface area is 169 Å². The third kappa shape index (κ3) is 4.28. The first-order chi connectivity index (χ1) is 13.5. The minimum absolute atomic E-state index is 0.0120. The van der Waals surface area contributed by atoms with Gasteiger partial charge in [0.1, 0.15) is 17.6 Å². The van der Waals surface area contributed by atoms with Gasteiger partial charge in [-0.15, -0.1) is 5.73 Å². The van der Waals surface area contributed by atoms with E-state index >= 15 is 0 Å². The van der Waals surface area contributed by atoms with Crippen molar-refractivity contribution >= 4 is 17.6 Å². The summed E-state index contributed by atoms with van der Waals surface area (Å²) in [4.78, 5) is 12.6. The van der Waals surface area contributed by atoms with E-state index in [1.807, 2.05) is 44.2 Å². The summed E-state index contributed by atoms with van der Waals surface area (Å²) >= 11 is 5.51. The molecule has 3 unspecified atom stereocenters. The molecule has 0 N–H and O–H groups in total. The molecule has 5 heteroatoms. The summed E-state index contributed by atoms with van der Waals surface area (Å²) in [7, 11) is 0. The number of nitrogens with zero attached hydrogens (tertiary/aromatic N) is 1. The number of allylic oxidation sites excluding steroid dienone is 1. The Morgan fingerprint density at radius 3 is 2.57 bits per heavy atom. The van der Waals surface area contributed by atoms with Crippen molar-refractivity contribution in [2.24, 2.45) is 17.3 Å². The number of carbonyl (C=O) groups is 1. The standard InChI is InChI=1S/C23H20ClNO3/c1-23(2)19(12-7-13-24)21(23)22(26)28-20(15-25)16-8-6-11-18(14-16)27-17-9-4-3-5-10-17/h3-6,8-14,19-21H,1-2H3. The molecule has 1 saturated carbocycles. The van der Waals surface area contributed by atoms with Crippen LogP contribution in [0.4, 0.5) is 0 Å². The van der Waals surface area contributed by atoms with Gasteiger partial charge in [-0.05, 0) is 35.8 Å². The van der Waals surface area contributed by atoms with Crippen molar-refractivity contribution in [3.8, 4) is 17.6 Å². The fourth-order valence-electron chi connectivity index (χ4n) is 3.30. The number of halogens is 1.